The fourth-order valence-electron chi connectivity index (χ4n) is 4.01. The summed E-state index contributed by atoms with van der Waals surface area (Å²) in [5, 5.41) is 0. The van der Waals surface area contributed by atoms with Crippen molar-refractivity contribution in [2.75, 3.05) is 13.1 Å². The van der Waals surface area contributed by atoms with Gasteiger partial charge in [-0.1, -0.05) is 48.6 Å². The average Bonchev–Trinajstić information content (AvgIpc) is 3.08. The number of aryl methyl sites for hydroxylation is 2. The molecule has 4 rings (SSSR count). The molecule has 2 aliphatic rings. The smallest absolute Gasteiger partial charge is 0.0740 e. The normalized spacial score (nSPS) is 20.6. The van der Waals surface area contributed by atoms with Crippen LogP contribution in [0.4, 0.5) is 0 Å². The van der Waals surface area contributed by atoms with Crippen molar-refractivity contribution in [1.29, 1.82) is 0 Å². The van der Waals surface area contributed by atoms with Gasteiger partial charge in [0.2, 0.25) is 0 Å². The number of allylic oxidation sites excluding steroid dienone is 3. The Morgan fingerprint density at radius 3 is 2.70 bits per heavy atom. The zero-order chi connectivity index (χ0) is 18.6. The van der Waals surface area contributed by atoms with Crippen LogP contribution in [0.3, 0.4) is 0 Å². The maximum atomic E-state index is 4.83. The monoisotopic (exact) mass is 374 g/mol. The molecular formula is C24H26N2S. The number of hydrogen-bond acceptors (Lipinski definition) is 3. The molecule has 0 bridgehead atoms. The molecule has 1 aliphatic heterocycles. The largest absolute Gasteiger partial charge is 0.256 e. The molecule has 0 spiro atoms. The molecule has 1 aromatic carbocycles. The van der Waals surface area contributed by atoms with Gasteiger partial charge in [0.05, 0.1) is 5.69 Å². The van der Waals surface area contributed by atoms with Crippen LogP contribution in [0.2, 0.25) is 0 Å². The van der Waals surface area contributed by atoms with E-state index in [0.717, 1.165) is 32.4 Å². The summed E-state index contributed by atoms with van der Waals surface area (Å²) >= 11 is 1.87. The Morgan fingerprint density at radius 2 is 1.85 bits per heavy atom. The van der Waals surface area contributed by atoms with Crippen molar-refractivity contribution in [1.82, 2.24) is 9.29 Å². The number of fused-ring (bicyclic) bond motifs is 2. The van der Waals surface area contributed by atoms with Gasteiger partial charge in [0, 0.05) is 29.8 Å². The zero-order valence-corrected chi connectivity index (χ0v) is 16.9. The first-order valence-corrected chi connectivity index (χ1v) is 10.5. The van der Waals surface area contributed by atoms with E-state index in [-0.39, 0.29) is 0 Å². The van der Waals surface area contributed by atoms with Gasteiger partial charge in [-0.25, -0.2) is 4.31 Å². The minimum absolute atomic E-state index is 0.999. The molecule has 0 amide bonds. The SMILES string of the molecule is C/C=C\C(=C/C)SN1CC/C(=C2/c3ccccc3CCc3cccnc32)C1. The van der Waals surface area contributed by atoms with E-state index in [1.165, 1.54) is 38.4 Å². The van der Waals surface area contributed by atoms with Crippen LogP contribution in [-0.4, -0.2) is 22.4 Å². The van der Waals surface area contributed by atoms with E-state index in [1.54, 1.807) is 0 Å². The number of aromatic nitrogens is 1. The first kappa shape index (κ1) is 18.3. The van der Waals surface area contributed by atoms with Gasteiger partial charge in [-0.15, -0.1) is 0 Å². The van der Waals surface area contributed by atoms with Gasteiger partial charge in [-0.05, 0) is 73.4 Å². The van der Waals surface area contributed by atoms with Gasteiger partial charge in [0.1, 0.15) is 0 Å². The summed E-state index contributed by atoms with van der Waals surface area (Å²) in [5.41, 5.74) is 8.32. The third-order valence-electron chi connectivity index (χ3n) is 5.31. The fourth-order valence-corrected chi connectivity index (χ4v) is 5.01. The first-order chi connectivity index (χ1) is 13.3. The number of hydrogen-bond donors (Lipinski definition) is 0. The molecule has 138 valence electrons. The van der Waals surface area contributed by atoms with E-state index in [9.17, 15) is 0 Å². The predicted octanol–water partition coefficient (Wildman–Crippen LogP) is 5.82. The molecule has 3 heteroatoms. The molecule has 1 aromatic heterocycles. The van der Waals surface area contributed by atoms with E-state index in [1.807, 2.05) is 18.1 Å². The van der Waals surface area contributed by atoms with Crippen molar-refractivity contribution in [3.8, 4) is 0 Å². The standard InChI is InChI=1S/C24H26N2S/c1-3-8-21(4-2)27-26-16-14-20(17-26)23-22-11-6-5-9-18(22)12-13-19-10-7-15-25-24(19)23/h3-11,15H,12-14,16-17H2,1-2H3/b8-3-,21-4+,23-20+. The summed E-state index contributed by atoms with van der Waals surface area (Å²) < 4.78 is 2.48. The van der Waals surface area contributed by atoms with Crippen LogP contribution in [0, 0.1) is 0 Å². The zero-order valence-electron chi connectivity index (χ0n) is 16.1. The second-order valence-corrected chi connectivity index (χ2v) is 8.21. The second-order valence-electron chi connectivity index (χ2n) is 7.04. The summed E-state index contributed by atoms with van der Waals surface area (Å²) in [6.45, 7) is 6.27. The maximum absolute atomic E-state index is 4.83. The molecule has 0 unspecified atom stereocenters. The molecule has 1 fully saturated rings. The lowest BCUT2D eigenvalue weighted by molar-refractivity contribution is 0.598. The molecular weight excluding hydrogens is 348 g/mol. The Bertz CT molecular complexity index is 874. The van der Waals surface area contributed by atoms with Crippen molar-refractivity contribution in [3.05, 3.63) is 93.7 Å². The highest BCUT2D eigenvalue weighted by Crippen LogP contribution is 2.39. The topological polar surface area (TPSA) is 16.1 Å². The molecule has 2 aromatic rings. The summed E-state index contributed by atoms with van der Waals surface area (Å²) in [4.78, 5) is 6.14. The fraction of sp³-hybridized carbons (Fsp3) is 0.292. The third-order valence-corrected chi connectivity index (χ3v) is 6.46. The number of benzene rings is 1. The van der Waals surface area contributed by atoms with E-state index in [4.69, 9.17) is 4.98 Å². The second kappa shape index (κ2) is 8.28. The van der Waals surface area contributed by atoms with Crippen molar-refractivity contribution in [2.45, 2.75) is 33.1 Å². The van der Waals surface area contributed by atoms with Crippen molar-refractivity contribution in [3.63, 3.8) is 0 Å². The van der Waals surface area contributed by atoms with Crippen LogP contribution in [0.25, 0.3) is 5.57 Å². The molecule has 2 heterocycles. The minimum atomic E-state index is 0.999. The first-order valence-electron chi connectivity index (χ1n) is 9.76. The van der Waals surface area contributed by atoms with Gasteiger partial charge in [-0.2, -0.15) is 0 Å². The highest BCUT2D eigenvalue weighted by Gasteiger charge is 2.26. The van der Waals surface area contributed by atoms with E-state index in [2.05, 4.69) is 72.8 Å². The molecule has 1 aliphatic carbocycles. The number of rotatable bonds is 3. The van der Waals surface area contributed by atoms with Crippen molar-refractivity contribution >= 4 is 17.5 Å². The molecule has 0 radical (unpaired) electrons. The molecule has 1 saturated heterocycles. The lowest BCUT2D eigenvalue weighted by Crippen LogP contribution is -2.10. The molecule has 27 heavy (non-hydrogen) atoms. The van der Waals surface area contributed by atoms with Gasteiger partial charge < -0.3 is 0 Å². The van der Waals surface area contributed by atoms with Crippen LogP contribution in [0.1, 0.15) is 42.7 Å². The van der Waals surface area contributed by atoms with Gasteiger partial charge in [0.15, 0.2) is 0 Å². The van der Waals surface area contributed by atoms with Crippen LogP contribution in [-0.2, 0) is 12.8 Å². The Balaban J connectivity index is 1.74. The summed E-state index contributed by atoms with van der Waals surface area (Å²) in [5.74, 6) is 0. The number of pyridine rings is 1. The quantitative estimate of drug-likeness (QED) is 0.498. The van der Waals surface area contributed by atoms with Crippen LogP contribution in [0.15, 0.2) is 71.3 Å². The molecule has 0 saturated carbocycles. The van der Waals surface area contributed by atoms with Gasteiger partial charge in [-0.3, -0.25) is 4.98 Å². The average molecular weight is 375 g/mol. The van der Waals surface area contributed by atoms with Gasteiger partial charge >= 0.3 is 0 Å². The van der Waals surface area contributed by atoms with E-state index in [0.29, 0.717) is 0 Å². The Labute approximate surface area is 166 Å². The lowest BCUT2D eigenvalue weighted by Gasteiger charge is -2.16. The summed E-state index contributed by atoms with van der Waals surface area (Å²) in [6.07, 6.45) is 11.7. The van der Waals surface area contributed by atoms with Crippen LogP contribution in [0.5, 0.6) is 0 Å². The molecule has 0 atom stereocenters. The van der Waals surface area contributed by atoms with Crippen LogP contribution < -0.4 is 0 Å². The Hall–Kier alpha value is -2.10. The Kier molecular flexibility index (Phi) is 5.61. The summed E-state index contributed by atoms with van der Waals surface area (Å²) in [6, 6.07) is 13.2. The molecule has 2 nitrogen and oxygen atoms in total. The van der Waals surface area contributed by atoms with Gasteiger partial charge in [0.25, 0.3) is 0 Å². The highest BCUT2D eigenvalue weighted by atomic mass is 32.2. The minimum Gasteiger partial charge on any atom is -0.256 e. The summed E-state index contributed by atoms with van der Waals surface area (Å²) in [7, 11) is 0. The lowest BCUT2D eigenvalue weighted by atomic mass is 9.92. The highest BCUT2D eigenvalue weighted by molar-refractivity contribution is 8.01. The van der Waals surface area contributed by atoms with E-state index < -0.39 is 0 Å². The van der Waals surface area contributed by atoms with Crippen molar-refractivity contribution < 1.29 is 0 Å². The third kappa shape index (κ3) is 3.80. The van der Waals surface area contributed by atoms with E-state index >= 15 is 0 Å². The van der Waals surface area contributed by atoms with Crippen molar-refractivity contribution in [2.24, 2.45) is 0 Å². The maximum Gasteiger partial charge on any atom is 0.0740 e. The molecule has 0 N–H and O–H groups in total. The Morgan fingerprint density at radius 1 is 1.04 bits per heavy atom. The number of nitrogens with zero attached hydrogens (tertiary/aromatic N) is 2. The predicted molar refractivity (Wildman–Crippen MR) is 116 cm³/mol. The van der Waals surface area contributed by atoms with Crippen LogP contribution >= 0.6 is 11.9 Å².